The van der Waals surface area contributed by atoms with E-state index in [4.69, 9.17) is 9.68 Å². The number of aromatic nitrogens is 1. The number of sulfonamides is 1. The van der Waals surface area contributed by atoms with E-state index in [-0.39, 0.29) is 22.4 Å². The second-order valence-electron chi connectivity index (χ2n) is 4.79. The first kappa shape index (κ1) is 16.7. The molecule has 0 aliphatic heterocycles. The Morgan fingerprint density at radius 3 is 2.57 bits per heavy atom. The van der Waals surface area contributed by atoms with Crippen molar-refractivity contribution in [3.8, 4) is 17.5 Å². The Kier molecular flexibility index (Phi) is 4.83. The fraction of sp³-hybridized carbons (Fsp3) is 0.200. The largest absolute Gasteiger partial charge is 0.419 e. The van der Waals surface area contributed by atoms with Crippen molar-refractivity contribution in [1.82, 2.24) is 9.29 Å². The first-order chi connectivity index (χ1) is 10.9. The highest BCUT2D eigenvalue weighted by Crippen LogP contribution is 2.26. The Morgan fingerprint density at radius 2 is 2.04 bits per heavy atom. The summed E-state index contributed by atoms with van der Waals surface area (Å²) in [7, 11) is -0.556. The number of oxazole rings is 1. The fourth-order valence-electron chi connectivity index (χ4n) is 1.78. The van der Waals surface area contributed by atoms with Gasteiger partial charge in [0.2, 0.25) is 27.5 Å². The monoisotopic (exact) mass is 332 g/mol. The van der Waals surface area contributed by atoms with Crippen LogP contribution in [-0.2, 0) is 10.0 Å². The van der Waals surface area contributed by atoms with Gasteiger partial charge in [-0.15, -0.1) is 6.58 Å². The zero-order valence-electron chi connectivity index (χ0n) is 12.8. The van der Waals surface area contributed by atoms with Gasteiger partial charge in [-0.1, -0.05) is 6.08 Å². The van der Waals surface area contributed by atoms with Gasteiger partial charge in [0, 0.05) is 26.2 Å². The minimum absolute atomic E-state index is 0.131. The van der Waals surface area contributed by atoms with Gasteiger partial charge in [-0.3, -0.25) is 0 Å². The van der Waals surface area contributed by atoms with Crippen LogP contribution in [-0.4, -0.2) is 38.3 Å². The summed E-state index contributed by atoms with van der Waals surface area (Å²) in [5.41, 5.74) is 0.706. The van der Waals surface area contributed by atoms with Crippen LogP contribution >= 0.6 is 0 Å². The summed E-state index contributed by atoms with van der Waals surface area (Å²) in [5.74, 6) is 0.495. The van der Waals surface area contributed by atoms with Gasteiger partial charge in [-0.05, 0) is 24.3 Å². The average molecular weight is 332 g/mol. The van der Waals surface area contributed by atoms with Crippen molar-refractivity contribution < 1.29 is 12.8 Å². The molecule has 0 unspecified atom stereocenters. The van der Waals surface area contributed by atoms with Gasteiger partial charge in [-0.2, -0.15) is 10.2 Å². The van der Waals surface area contributed by atoms with Crippen molar-refractivity contribution in [3.05, 3.63) is 42.6 Å². The average Bonchev–Trinajstić information content (AvgIpc) is 2.96. The summed E-state index contributed by atoms with van der Waals surface area (Å²) in [5, 5.41) is 11.9. The lowest BCUT2D eigenvalue weighted by Gasteiger charge is -2.11. The quantitative estimate of drug-likeness (QED) is 0.813. The Labute approximate surface area is 134 Å². The molecule has 0 spiro atoms. The number of hydrogen-bond donors (Lipinski definition) is 1. The topological polar surface area (TPSA) is 99.2 Å². The number of nitrogens with zero attached hydrogens (tertiary/aromatic N) is 3. The first-order valence-corrected chi connectivity index (χ1v) is 8.13. The van der Waals surface area contributed by atoms with Crippen LogP contribution in [0.25, 0.3) is 11.5 Å². The van der Waals surface area contributed by atoms with E-state index >= 15 is 0 Å². The molecule has 0 aliphatic carbocycles. The minimum Gasteiger partial charge on any atom is -0.419 e. The molecule has 1 N–H and O–H groups in total. The highest BCUT2D eigenvalue weighted by atomic mass is 32.2. The highest BCUT2D eigenvalue weighted by Gasteiger charge is 2.18. The Bertz CT molecular complexity index is 846. The van der Waals surface area contributed by atoms with Crippen LogP contribution in [0.15, 0.2) is 46.2 Å². The lowest BCUT2D eigenvalue weighted by Crippen LogP contribution is -2.22. The van der Waals surface area contributed by atoms with E-state index in [2.05, 4.69) is 16.9 Å². The molecule has 1 heterocycles. The summed E-state index contributed by atoms with van der Waals surface area (Å²) in [4.78, 5) is 4.26. The Hall–Kier alpha value is -2.63. The zero-order valence-corrected chi connectivity index (χ0v) is 13.6. The molecule has 0 radical (unpaired) electrons. The van der Waals surface area contributed by atoms with E-state index in [1.807, 2.05) is 6.07 Å². The van der Waals surface area contributed by atoms with Crippen LogP contribution < -0.4 is 5.32 Å². The molecule has 7 nitrogen and oxygen atoms in total. The van der Waals surface area contributed by atoms with Crippen molar-refractivity contribution in [2.24, 2.45) is 0 Å². The zero-order chi connectivity index (χ0) is 17.0. The Morgan fingerprint density at radius 1 is 1.39 bits per heavy atom. The third-order valence-electron chi connectivity index (χ3n) is 3.02. The summed E-state index contributed by atoms with van der Waals surface area (Å²) in [6, 6.07) is 8.05. The molecule has 2 aromatic rings. The molecule has 23 heavy (non-hydrogen) atoms. The van der Waals surface area contributed by atoms with Gasteiger partial charge in [0.1, 0.15) is 6.07 Å². The molecule has 2 rings (SSSR count). The minimum atomic E-state index is -3.49. The van der Waals surface area contributed by atoms with Gasteiger partial charge in [0.05, 0.1) is 4.90 Å². The van der Waals surface area contributed by atoms with Crippen molar-refractivity contribution in [2.75, 3.05) is 26.0 Å². The maximum absolute atomic E-state index is 12.0. The molecule has 0 amide bonds. The molecule has 0 bridgehead atoms. The number of hydrogen-bond acceptors (Lipinski definition) is 6. The molecule has 0 saturated carbocycles. The normalized spacial score (nSPS) is 11.2. The number of anilines is 1. The summed E-state index contributed by atoms with van der Waals surface area (Å²) >= 11 is 0. The molecule has 0 atom stereocenters. The van der Waals surface area contributed by atoms with Crippen LogP contribution in [0.1, 0.15) is 5.69 Å². The standard InChI is InChI=1S/C15H16N4O3S/c1-4-9-17-15-13(10-16)18-14(22-15)11-5-7-12(8-6-11)23(20,21)19(2)3/h4-8,17H,1,9H2,2-3H3. The first-order valence-electron chi connectivity index (χ1n) is 6.68. The summed E-state index contributed by atoms with van der Waals surface area (Å²) < 4.78 is 30.7. The number of nitriles is 1. The van der Waals surface area contributed by atoms with Crippen LogP contribution in [0, 0.1) is 11.3 Å². The predicted molar refractivity (Wildman–Crippen MR) is 86.2 cm³/mol. The van der Waals surface area contributed by atoms with E-state index in [1.165, 1.54) is 26.2 Å². The lowest BCUT2D eigenvalue weighted by molar-refractivity contribution is 0.520. The van der Waals surface area contributed by atoms with E-state index in [0.29, 0.717) is 12.1 Å². The lowest BCUT2D eigenvalue weighted by atomic mass is 10.2. The van der Waals surface area contributed by atoms with Gasteiger partial charge in [-0.25, -0.2) is 12.7 Å². The van der Waals surface area contributed by atoms with Gasteiger partial charge in [0.15, 0.2) is 0 Å². The molecule has 0 aliphatic rings. The number of nitrogens with one attached hydrogen (secondary N) is 1. The van der Waals surface area contributed by atoms with Crippen LogP contribution in [0.4, 0.5) is 5.88 Å². The second kappa shape index (κ2) is 6.64. The SMILES string of the molecule is C=CCNc1oc(-c2ccc(S(=O)(=O)N(C)C)cc2)nc1C#N. The number of benzene rings is 1. The van der Waals surface area contributed by atoms with E-state index < -0.39 is 10.0 Å². The van der Waals surface area contributed by atoms with Crippen LogP contribution in [0.3, 0.4) is 0 Å². The maximum Gasteiger partial charge on any atom is 0.242 e. The molecular formula is C15H16N4O3S. The summed E-state index contributed by atoms with van der Waals surface area (Å²) in [6.45, 7) is 4.01. The van der Waals surface area contributed by atoms with Crippen molar-refractivity contribution >= 4 is 15.9 Å². The smallest absolute Gasteiger partial charge is 0.242 e. The highest BCUT2D eigenvalue weighted by molar-refractivity contribution is 7.89. The van der Waals surface area contributed by atoms with E-state index in [9.17, 15) is 8.42 Å². The molecule has 1 aromatic carbocycles. The molecule has 1 aromatic heterocycles. The molecular weight excluding hydrogens is 316 g/mol. The Balaban J connectivity index is 2.35. The van der Waals surface area contributed by atoms with E-state index in [1.54, 1.807) is 18.2 Å². The van der Waals surface area contributed by atoms with Gasteiger partial charge >= 0.3 is 0 Å². The van der Waals surface area contributed by atoms with Gasteiger partial charge < -0.3 is 9.73 Å². The summed E-state index contributed by atoms with van der Waals surface area (Å²) in [6.07, 6.45) is 1.63. The third-order valence-corrected chi connectivity index (χ3v) is 4.85. The van der Waals surface area contributed by atoms with Crippen molar-refractivity contribution in [2.45, 2.75) is 4.90 Å². The van der Waals surface area contributed by atoms with Gasteiger partial charge in [0.25, 0.3) is 0 Å². The van der Waals surface area contributed by atoms with Crippen molar-refractivity contribution in [1.29, 1.82) is 5.26 Å². The molecule has 120 valence electrons. The second-order valence-corrected chi connectivity index (χ2v) is 6.94. The molecule has 0 fully saturated rings. The van der Waals surface area contributed by atoms with E-state index in [0.717, 1.165) is 4.31 Å². The molecule has 0 saturated heterocycles. The molecule has 8 heteroatoms. The van der Waals surface area contributed by atoms with Crippen LogP contribution in [0.2, 0.25) is 0 Å². The third kappa shape index (κ3) is 3.41. The fourth-order valence-corrected chi connectivity index (χ4v) is 2.69. The number of rotatable bonds is 6. The van der Waals surface area contributed by atoms with Crippen LogP contribution in [0.5, 0.6) is 0 Å². The maximum atomic E-state index is 12.0. The predicted octanol–water partition coefficient (Wildman–Crippen LogP) is 2.06. The van der Waals surface area contributed by atoms with Crippen molar-refractivity contribution in [3.63, 3.8) is 0 Å².